The van der Waals surface area contributed by atoms with Crippen LogP contribution in [0.2, 0.25) is 0 Å². The Labute approximate surface area is 198 Å². The highest BCUT2D eigenvalue weighted by Gasteiger charge is 2.34. The van der Waals surface area contributed by atoms with Gasteiger partial charge in [0.25, 0.3) is 0 Å². The van der Waals surface area contributed by atoms with Crippen LogP contribution in [0.1, 0.15) is 37.7 Å². The Morgan fingerprint density at radius 3 is 2.65 bits per heavy atom. The largest absolute Gasteiger partial charge is 0.416 e. The molecule has 1 fully saturated rings. The van der Waals surface area contributed by atoms with E-state index in [1.165, 1.54) is 22.9 Å². The van der Waals surface area contributed by atoms with Crippen LogP contribution in [0.15, 0.2) is 53.9 Å². The Bertz CT molecular complexity index is 1200. The predicted molar refractivity (Wildman–Crippen MR) is 120 cm³/mol. The Morgan fingerprint density at radius 1 is 1.18 bits per heavy atom. The molecule has 1 saturated carbocycles. The first-order valence-electron chi connectivity index (χ1n) is 10.7. The maximum atomic E-state index is 13.3. The van der Waals surface area contributed by atoms with E-state index in [1.54, 1.807) is 18.3 Å². The summed E-state index contributed by atoms with van der Waals surface area (Å²) in [5, 5.41) is 21.0. The lowest BCUT2D eigenvalue weighted by Gasteiger charge is -2.31. The van der Waals surface area contributed by atoms with Crippen LogP contribution < -0.4 is 5.32 Å². The molecule has 3 aromatic rings. The lowest BCUT2D eigenvalue weighted by atomic mass is 9.83. The minimum atomic E-state index is -4.52. The number of nitriles is 1. The Morgan fingerprint density at radius 2 is 1.97 bits per heavy atom. The number of pyridine rings is 1. The molecule has 0 bridgehead atoms. The minimum absolute atomic E-state index is 0.0619. The molecule has 2 heterocycles. The van der Waals surface area contributed by atoms with Crippen molar-refractivity contribution in [2.24, 2.45) is 0 Å². The summed E-state index contributed by atoms with van der Waals surface area (Å²) in [6.07, 6.45) is 2.58. The molecule has 0 unspecified atom stereocenters. The minimum Gasteiger partial charge on any atom is -0.337 e. The zero-order valence-electron chi connectivity index (χ0n) is 18.0. The number of nitrogens with zero attached hydrogens (tertiary/aromatic N) is 5. The van der Waals surface area contributed by atoms with Gasteiger partial charge in [0.15, 0.2) is 11.0 Å². The standard InChI is InChI=1S/C23H21F3N6OS/c24-23(25,26)17-7-4-8-18(12-17)32-20(16-6-5-11-28-13-16)30-31-21(32)34-14-19(33)29-22(15-27)9-2-1-3-10-22/h4-8,11-13H,1-3,9-10,14H2,(H,29,33). The molecule has 7 nitrogen and oxygen atoms in total. The molecule has 11 heteroatoms. The number of aromatic nitrogens is 4. The number of halogens is 3. The quantitative estimate of drug-likeness (QED) is 0.504. The number of hydrogen-bond acceptors (Lipinski definition) is 6. The van der Waals surface area contributed by atoms with E-state index in [0.717, 1.165) is 43.2 Å². The van der Waals surface area contributed by atoms with E-state index < -0.39 is 17.3 Å². The van der Waals surface area contributed by atoms with Crippen LogP contribution in [0.5, 0.6) is 0 Å². The predicted octanol–water partition coefficient (Wildman–Crippen LogP) is 4.78. The maximum absolute atomic E-state index is 13.3. The van der Waals surface area contributed by atoms with Gasteiger partial charge in [-0.1, -0.05) is 37.1 Å². The molecule has 0 atom stereocenters. The van der Waals surface area contributed by atoms with Crippen LogP contribution in [-0.2, 0) is 11.0 Å². The van der Waals surface area contributed by atoms with Crippen molar-refractivity contribution in [1.82, 2.24) is 25.1 Å². The number of hydrogen-bond donors (Lipinski definition) is 1. The van der Waals surface area contributed by atoms with E-state index in [0.29, 0.717) is 24.2 Å². The average molecular weight is 487 g/mol. The first kappa shape index (κ1) is 23.8. The van der Waals surface area contributed by atoms with Gasteiger partial charge in [-0.25, -0.2) is 0 Å². The second-order valence-corrected chi connectivity index (χ2v) is 8.97. The number of alkyl halides is 3. The monoisotopic (exact) mass is 486 g/mol. The van der Waals surface area contributed by atoms with Gasteiger partial charge in [-0.3, -0.25) is 14.3 Å². The zero-order valence-corrected chi connectivity index (χ0v) is 18.9. The summed E-state index contributed by atoms with van der Waals surface area (Å²) in [4.78, 5) is 16.7. The third-order valence-corrected chi connectivity index (χ3v) is 6.55. The van der Waals surface area contributed by atoms with Crippen LogP contribution in [0.25, 0.3) is 17.1 Å². The van der Waals surface area contributed by atoms with Gasteiger partial charge in [-0.2, -0.15) is 18.4 Å². The highest BCUT2D eigenvalue weighted by atomic mass is 32.2. The van der Waals surface area contributed by atoms with Crippen LogP contribution in [0, 0.1) is 11.3 Å². The van der Waals surface area contributed by atoms with Gasteiger partial charge in [0.2, 0.25) is 5.91 Å². The smallest absolute Gasteiger partial charge is 0.337 e. The number of benzene rings is 1. The first-order chi connectivity index (χ1) is 16.3. The average Bonchev–Trinajstić information content (AvgIpc) is 3.27. The second-order valence-electron chi connectivity index (χ2n) is 8.02. The van der Waals surface area contributed by atoms with Crippen LogP contribution in [-0.4, -0.2) is 36.9 Å². The van der Waals surface area contributed by atoms with Gasteiger partial charge in [-0.15, -0.1) is 10.2 Å². The molecule has 0 saturated heterocycles. The molecule has 34 heavy (non-hydrogen) atoms. The summed E-state index contributed by atoms with van der Waals surface area (Å²) >= 11 is 1.04. The molecule has 0 radical (unpaired) electrons. The van der Waals surface area contributed by atoms with E-state index in [1.807, 2.05) is 0 Å². The number of rotatable bonds is 6. The molecule has 1 aliphatic carbocycles. The van der Waals surface area contributed by atoms with Gasteiger partial charge in [0.05, 0.1) is 23.1 Å². The third-order valence-electron chi connectivity index (χ3n) is 5.62. The van der Waals surface area contributed by atoms with Crippen molar-refractivity contribution < 1.29 is 18.0 Å². The fourth-order valence-corrected chi connectivity index (χ4v) is 4.70. The van der Waals surface area contributed by atoms with E-state index in [2.05, 4.69) is 26.6 Å². The number of thioether (sulfide) groups is 1. The van der Waals surface area contributed by atoms with Crippen molar-refractivity contribution in [1.29, 1.82) is 5.26 Å². The Balaban J connectivity index is 1.63. The summed E-state index contributed by atoms with van der Waals surface area (Å²) in [5.74, 6) is -0.0980. The van der Waals surface area contributed by atoms with E-state index >= 15 is 0 Å². The molecule has 1 aliphatic rings. The lowest BCUT2D eigenvalue weighted by molar-refractivity contribution is -0.137. The fourth-order valence-electron chi connectivity index (χ4n) is 3.95. The molecule has 1 aromatic carbocycles. The number of nitrogens with one attached hydrogen (secondary N) is 1. The summed E-state index contributed by atoms with van der Waals surface area (Å²) in [6.45, 7) is 0. The zero-order chi connectivity index (χ0) is 24.2. The highest BCUT2D eigenvalue weighted by molar-refractivity contribution is 7.99. The van der Waals surface area contributed by atoms with Crippen molar-refractivity contribution >= 4 is 17.7 Å². The van der Waals surface area contributed by atoms with E-state index in [4.69, 9.17) is 0 Å². The van der Waals surface area contributed by atoms with Crippen molar-refractivity contribution in [2.45, 2.75) is 49.0 Å². The maximum Gasteiger partial charge on any atom is 0.416 e. The molecule has 0 spiro atoms. The highest BCUT2D eigenvalue weighted by Crippen LogP contribution is 2.33. The van der Waals surface area contributed by atoms with Crippen LogP contribution in [0.3, 0.4) is 0 Å². The molecule has 1 amide bonds. The summed E-state index contributed by atoms with van der Waals surface area (Å²) in [6, 6.07) is 10.5. The molecule has 2 aromatic heterocycles. The normalized spacial score (nSPS) is 15.5. The summed E-state index contributed by atoms with van der Waals surface area (Å²) < 4.78 is 41.5. The van der Waals surface area contributed by atoms with Gasteiger partial charge < -0.3 is 5.32 Å². The first-order valence-corrected chi connectivity index (χ1v) is 11.7. The third kappa shape index (κ3) is 5.22. The van der Waals surface area contributed by atoms with E-state index in [9.17, 15) is 23.2 Å². The van der Waals surface area contributed by atoms with Gasteiger partial charge in [-0.05, 0) is 43.2 Å². The topological polar surface area (TPSA) is 96.5 Å². The summed E-state index contributed by atoms with van der Waals surface area (Å²) in [5.41, 5.74) is -0.902. The molecular formula is C23H21F3N6OS. The molecule has 1 N–H and O–H groups in total. The SMILES string of the molecule is N#CC1(NC(=O)CSc2nnc(-c3cccnc3)n2-c2cccc(C(F)(F)F)c2)CCCCC1. The van der Waals surface area contributed by atoms with E-state index in [-0.39, 0.29) is 22.5 Å². The molecule has 4 rings (SSSR count). The number of carbonyl (C=O) groups excluding carboxylic acids is 1. The molecular weight excluding hydrogens is 465 g/mol. The Kier molecular flexibility index (Phi) is 6.88. The molecule has 176 valence electrons. The Hall–Kier alpha value is -3.39. The number of amides is 1. The van der Waals surface area contributed by atoms with Gasteiger partial charge in [0.1, 0.15) is 5.54 Å². The summed E-state index contributed by atoms with van der Waals surface area (Å²) in [7, 11) is 0. The van der Waals surface area contributed by atoms with Crippen molar-refractivity contribution in [2.75, 3.05) is 5.75 Å². The van der Waals surface area contributed by atoms with Crippen molar-refractivity contribution in [3.8, 4) is 23.1 Å². The molecule has 0 aliphatic heterocycles. The van der Waals surface area contributed by atoms with Crippen LogP contribution >= 0.6 is 11.8 Å². The second kappa shape index (κ2) is 9.85. The van der Waals surface area contributed by atoms with Crippen LogP contribution in [0.4, 0.5) is 13.2 Å². The van der Waals surface area contributed by atoms with Crippen molar-refractivity contribution in [3.63, 3.8) is 0 Å². The lowest BCUT2D eigenvalue weighted by Crippen LogP contribution is -2.49. The number of carbonyl (C=O) groups is 1. The van der Waals surface area contributed by atoms with Crippen molar-refractivity contribution in [3.05, 3.63) is 54.4 Å². The van der Waals surface area contributed by atoms with Gasteiger partial charge in [0, 0.05) is 18.0 Å². The van der Waals surface area contributed by atoms with Gasteiger partial charge >= 0.3 is 6.18 Å². The fraction of sp³-hybridized carbons (Fsp3) is 0.348.